The van der Waals surface area contributed by atoms with Gasteiger partial charge in [0.2, 0.25) is 5.89 Å². The third-order valence-corrected chi connectivity index (χ3v) is 5.64. The van der Waals surface area contributed by atoms with Crippen molar-refractivity contribution in [1.82, 2.24) is 29.2 Å². The van der Waals surface area contributed by atoms with E-state index < -0.39 is 5.92 Å². The van der Waals surface area contributed by atoms with Crippen LogP contribution in [0.5, 0.6) is 0 Å². The van der Waals surface area contributed by atoms with Gasteiger partial charge in [-0.3, -0.25) is 9.36 Å². The van der Waals surface area contributed by atoms with Gasteiger partial charge in [-0.2, -0.15) is 4.98 Å². The van der Waals surface area contributed by atoms with E-state index >= 15 is 0 Å². The molecule has 0 N–H and O–H groups in total. The molecule has 1 aliphatic heterocycles. The van der Waals surface area contributed by atoms with Gasteiger partial charge in [0.1, 0.15) is 12.9 Å². The molecule has 1 aromatic carbocycles. The van der Waals surface area contributed by atoms with Crippen molar-refractivity contribution in [2.45, 2.75) is 37.8 Å². The summed E-state index contributed by atoms with van der Waals surface area (Å²) in [6.07, 6.45) is 3.30. The van der Waals surface area contributed by atoms with E-state index in [-0.39, 0.29) is 35.6 Å². The third-order valence-electron chi connectivity index (χ3n) is 5.64. The highest BCUT2D eigenvalue weighted by Crippen LogP contribution is 2.38. The van der Waals surface area contributed by atoms with Crippen LogP contribution in [0.1, 0.15) is 48.2 Å². The summed E-state index contributed by atoms with van der Waals surface area (Å²) < 4.78 is 41.0. The monoisotopic (exact) mass is 442 g/mol. The highest BCUT2D eigenvalue weighted by molar-refractivity contribution is 5.68. The number of rotatable bonds is 5. The van der Waals surface area contributed by atoms with E-state index in [2.05, 4.69) is 20.1 Å². The molecule has 9 nitrogen and oxygen atoms in total. The topological polar surface area (TPSA) is 101 Å². The van der Waals surface area contributed by atoms with Crippen LogP contribution < -0.4 is 5.56 Å². The lowest BCUT2D eigenvalue weighted by Crippen LogP contribution is -2.22. The highest BCUT2D eigenvalue weighted by Gasteiger charge is 2.32. The molecule has 3 aromatic heterocycles. The quantitative estimate of drug-likeness (QED) is 0.468. The molecular weight excluding hydrogens is 422 g/mol. The standard InChI is InChI=1S/C21H20F2N6O3/c1-21(22,23)14-5-3-12(4-6-14)15-7-13(9-31-15)18-26-16(32-27-18)8-29-11-25-19-17(20(29)30)28(2)10-24-19/h3-6,10-11,13,15H,7-9H2,1-2H3/t13-,15+/m0/s1. The molecule has 1 aliphatic rings. The van der Waals surface area contributed by atoms with Crippen LogP contribution in [0.3, 0.4) is 0 Å². The largest absolute Gasteiger partial charge is 0.373 e. The molecular formula is C21H20F2N6O3. The van der Waals surface area contributed by atoms with Crippen molar-refractivity contribution in [3.05, 3.63) is 70.1 Å². The van der Waals surface area contributed by atoms with Crippen molar-refractivity contribution in [2.75, 3.05) is 6.61 Å². The number of hydrogen-bond acceptors (Lipinski definition) is 7. The Morgan fingerprint density at radius 2 is 1.94 bits per heavy atom. The molecule has 4 aromatic rings. The first kappa shape index (κ1) is 20.4. The molecule has 0 aliphatic carbocycles. The molecule has 0 unspecified atom stereocenters. The minimum absolute atomic E-state index is 0.0346. The number of ether oxygens (including phenoxy) is 1. The summed E-state index contributed by atoms with van der Waals surface area (Å²) in [5, 5.41) is 4.05. The Bertz CT molecular complexity index is 1320. The first-order valence-corrected chi connectivity index (χ1v) is 10.1. The van der Waals surface area contributed by atoms with E-state index in [1.54, 1.807) is 23.7 Å². The lowest BCUT2D eigenvalue weighted by molar-refractivity contribution is 0.0173. The van der Waals surface area contributed by atoms with Crippen LogP contribution in [0.2, 0.25) is 0 Å². The van der Waals surface area contributed by atoms with Gasteiger partial charge in [-0.15, -0.1) is 0 Å². The van der Waals surface area contributed by atoms with E-state index in [9.17, 15) is 13.6 Å². The van der Waals surface area contributed by atoms with Crippen LogP contribution in [-0.2, 0) is 24.3 Å². The maximum Gasteiger partial charge on any atom is 0.280 e. The van der Waals surface area contributed by atoms with Crippen LogP contribution >= 0.6 is 0 Å². The van der Waals surface area contributed by atoms with E-state index in [0.29, 0.717) is 30.0 Å². The fourth-order valence-electron chi connectivity index (χ4n) is 3.86. The molecule has 32 heavy (non-hydrogen) atoms. The van der Waals surface area contributed by atoms with Crippen LogP contribution in [-0.4, -0.2) is 35.8 Å². The van der Waals surface area contributed by atoms with Gasteiger partial charge in [0.15, 0.2) is 17.0 Å². The molecule has 11 heteroatoms. The zero-order valence-corrected chi connectivity index (χ0v) is 17.4. The summed E-state index contributed by atoms with van der Waals surface area (Å²) in [7, 11) is 1.73. The SMILES string of the molecule is Cn1cnc2ncn(Cc3nc([C@@H]4CO[C@@H](c5ccc(C(C)(F)F)cc5)C4)no3)c(=O)c21. The summed E-state index contributed by atoms with van der Waals surface area (Å²) in [5.74, 6) is -2.21. The number of halogens is 2. The Kier molecular flexibility index (Phi) is 4.85. The second-order valence-corrected chi connectivity index (χ2v) is 8.02. The maximum atomic E-state index is 13.4. The summed E-state index contributed by atoms with van der Waals surface area (Å²) in [6, 6.07) is 6.16. The average molecular weight is 442 g/mol. The number of hydrogen-bond donors (Lipinski definition) is 0. The first-order valence-electron chi connectivity index (χ1n) is 10.1. The van der Waals surface area contributed by atoms with Crippen molar-refractivity contribution in [3.63, 3.8) is 0 Å². The summed E-state index contributed by atoms with van der Waals surface area (Å²) in [5.41, 5.74) is 1.31. The van der Waals surface area contributed by atoms with Crippen molar-refractivity contribution in [3.8, 4) is 0 Å². The number of aromatic nitrogens is 6. The highest BCUT2D eigenvalue weighted by atomic mass is 19.3. The first-order chi connectivity index (χ1) is 15.3. The van der Waals surface area contributed by atoms with E-state index in [0.717, 1.165) is 12.5 Å². The van der Waals surface area contributed by atoms with Gasteiger partial charge < -0.3 is 13.8 Å². The van der Waals surface area contributed by atoms with Crippen LogP contribution in [0.15, 0.2) is 46.2 Å². The van der Waals surface area contributed by atoms with Gasteiger partial charge >= 0.3 is 0 Å². The summed E-state index contributed by atoms with van der Waals surface area (Å²) in [6.45, 7) is 1.35. The predicted octanol–water partition coefficient (Wildman–Crippen LogP) is 2.92. The molecule has 0 amide bonds. The normalized spacial score (nSPS) is 19.1. The van der Waals surface area contributed by atoms with Gasteiger partial charge in [0.25, 0.3) is 11.5 Å². The molecule has 0 bridgehead atoms. The van der Waals surface area contributed by atoms with Gasteiger partial charge in [0.05, 0.1) is 19.0 Å². The van der Waals surface area contributed by atoms with E-state index in [4.69, 9.17) is 9.26 Å². The minimum atomic E-state index is -2.88. The molecule has 4 heterocycles. The smallest absolute Gasteiger partial charge is 0.280 e. The number of nitrogens with zero attached hydrogens (tertiary/aromatic N) is 6. The number of fused-ring (bicyclic) bond motifs is 1. The minimum Gasteiger partial charge on any atom is -0.373 e. The van der Waals surface area contributed by atoms with Crippen molar-refractivity contribution < 1.29 is 18.0 Å². The maximum absolute atomic E-state index is 13.4. The Balaban J connectivity index is 1.29. The Morgan fingerprint density at radius 3 is 2.69 bits per heavy atom. The zero-order valence-electron chi connectivity index (χ0n) is 17.4. The Labute approximate surface area is 180 Å². The fourth-order valence-corrected chi connectivity index (χ4v) is 3.86. The molecule has 1 fully saturated rings. The zero-order chi connectivity index (χ0) is 22.5. The Hall–Kier alpha value is -3.47. The molecule has 166 valence electrons. The second-order valence-electron chi connectivity index (χ2n) is 8.02. The average Bonchev–Trinajstić information content (AvgIpc) is 3.50. The second kappa shape index (κ2) is 7.59. The fraction of sp³-hybridized carbons (Fsp3) is 0.381. The number of alkyl halides is 2. The van der Waals surface area contributed by atoms with E-state index in [1.165, 1.54) is 29.4 Å². The lowest BCUT2D eigenvalue weighted by atomic mass is 9.98. The third kappa shape index (κ3) is 3.68. The predicted molar refractivity (Wildman–Crippen MR) is 108 cm³/mol. The van der Waals surface area contributed by atoms with Gasteiger partial charge in [0, 0.05) is 25.5 Å². The van der Waals surface area contributed by atoms with Crippen molar-refractivity contribution >= 4 is 11.2 Å². The van der Waals surface area contributed by atoms with Crippen molar-refractivity contribution in [2.24, 2.45) is 7.05 Å². The number of imidazole rings is 1. The van der Waals surface area contributed by atoms with Crippen LogP contribution in [0.4, 0.5) is 8.78 Å². The summed E-state index contributed by atoms with van der Waals surface area (Å²) in [4.78, 5) is 25.3. The van der Waals surface area contributed by atoms with Crippen LogP contribution in [0.25, 0.3) is 11.2 Å². The van der Waals surface area contributed by atoms with Crippen molar-refractivity contribution in [1.29, 1.82) is 0 Å². The molecule has 0 radical (unpaired) electrons. The number of benzene rings is 1. The van der Waals surface area contributed by atoms with E-state index in [1.807, 2.05) is 0 Å². The molecule has 0 saturated carbocycles. The summed E-state index contributed by atoms with van der Waals surface area (Å²) >= 11 is 0. The molecule has 2 atom stereocenters. The number of aryl methyl sites for hydroxylation is 1. The molecule has 1 saturated heterocycles. The Morgan fingerprint density at radius 1 is 1.19 bits per heavy atom. The van der Waals surface area contributed by atoms with Crippen LogP contribution in [0, 0.1) is 0 Å². The van der Waals surface area contributed by atoms with Gasteiger partial charge in [-0.1, -0.05) is 29.4 Å². The van der Waals surface area contributed by atoms with Gasteiger partial charge in [-0.25, -0.2) is 18.7 Å². The lowest BCUT2D eigenvalue weighted by Gasteiger charge is -2.13. The molecule has 0 spiro atoms. The molecule has 5 rings (SSSR count). The van der Waals surface area contributed by atoms with Gasteiger partial charge in [-0.05, 0) is 12.0 Å².